The molecule has 41 heavy (non-hydrogen) atoms. The number of alkyl halides is 6. The smallest absolute Gasteiger partial charge is 0.426 e. The molecule has 0 radical (unpaired) electrons. The van der Waals surface area contributed by atoms with Crippen LogP contribution in [0.5, 0.6) is 0 Å². The molecule has 1 aromatic rings. The maximum absolute atomic E-state index is 13.0. The van der Waals surface area contributed by atoms with Crippen molar-refractivity contribution < 1.29 is 68.6 Å². The van der Waals surface area contributed by atoms with Gasteiger partial charge >= 0.3 is 24.3 Å². The summed E-state index contributed by atoms with van der Waals surface area (Å²) in [7, 11) is -5.05. The Morgan fingerprint density at radius 3 is 2.02 bits per heavy atom. The van der Waals surface area contributed by atoms with E-state index in [2.05, 4.69) is 4.74 Å². The Balaban J connectivity index is 1.51. The zero-order valence-electron chi connectivity index (χ0n) is 21.4. The molecule has 3 aliphatic rings. The summed E-state index contributed by atoms with van der Waals surface area (Å²) in [6.45, 7) is -1.69. The number of halogens is 6. The van der Waals surface area contributed by atoms with Gasteiger partial charge in [0, 0.05) is 11.8 Å². The van der Waals surface area contributed by atoms with Crippen LogP contribution >= 0.6 is 0 Å². The first-order valence-electron chi connectivity index (χ1n) is 12.8. The lowest BCUT2D eigenvalue weighted by Gasteiger charge is -2.58. The molecular weight excluding hydrogens is 590 g/mol. The van der Waals surface area contributed by atoms with Crippen LogP contribution in [0.1, 0.15) is 65.7 Å². The lowest BCUT2D eigenvalue weighted by atomic mass is 9.49. The minimum Gasteiger partial charge on any atom is -0.462 e. The Labute approximate surface area is 230 Å². The average molecular weight is 619 g/mol. The normalized spacial score (nSPS) is 28.3. The molecule has 230 valence electrons. The van der Waals surface area contributed by atoms with Gasteiger partial charge in [0.15, 0.2) is 0 Å². The van der Waals surface area contributed by atoms with Crippen LogP contribution in [0, 0.1) is 23.2 Å². The zero-order valence-corrected chi connectivity index (χ0v) is 22.2. The maximum atomic E-state index is 13.0. The SMILES string of the molecule is O=C(OCCC(O)(C(F)(F)F)C(F)(F)F)c1cc(C(=O)OCC23CC4CCC2C(O)CC(C4)C3)cc(S(=O)(=O)O)c1. The number of esters is 2. The molecule has 4 rings (SSSR count). The van der Waals surface area contributed by atoms with E-state index in [1.807, 2.05) is 0 Å². The Hall–Kier alpha value is -2.43. The lowest BCUT2D eigenvalue weighted by molar-refractivity contribution is -0.371. The van der Waals surface area contributed by atoms with Gasteiger partial charge < -0.3 is 19.7 Å². The fourth-order valence-corrected chi connectivity index (χ4v) is 7.27. The fraction of sp³-hybridized carbons (Fsp3) is 0.680. The number of hydrogen-bond acceptors (Lipinski definition) is 8. The van der Waals surface area contributed by atoms with E-state index < -0.39 is 80.6 Å². The van der Waals surface area contributed by atoms with E-state index in [-0.39, 0.29) is 18.4 Å². The van der Waals surface area contributed by atoms with E-state index in [4.69, 9.17) is 4.74 Å². The highest BCUT2D eigenvalue weighted by molar-refractivity contribution is 7.85. The van der Waals surface area contributed by atoms with Crippen LogP contribution in [0.2, 0.25) is 0 Å². The summed E-state index contributed by atoms with van der Waals surface area (Å²) >= 11 is 0. The van der Waals surface area contributed by atoms with Crippen molar-refractivity contribution in [3.05, 3.63) is 29.3 Å². The topological polar surface area (TPSA) is 147 Å². The van der Waals surface area contributed by atoms with Crippen molar-refractivity contribution in [2.75, 3.05) is 13.2 Å². The van der Waals surface area contributed by atoms with Crippen LogP contribution in [0.3, 0.4) is 0 Å². The number of carbonyl (C=O) groups excluding carboxylic acids is 2. The number of aliphatic hydroxyl groups is 2. The van der Waals surface area contributed by atoms with Crippen molar-refractivity contribution in [1.29, 1.82) is 0 Å². The number of benzene rings is 1. The van der Waals surface area contributed by atoms with E-state index in [1.165, 1.54) is 0 Å². The van der Waals surface area contributed by atoms with Gasteiger partial charge in [-0.2, -0.15) is 34.8 Å². The summed E-state index contributed by atoms with van der Waals surface area (Å²) in [4.78, 5) is 24.4. The molecule has 0 amide bonds. The van der Waals surface area contributed by atoms with Crippen molar-refractivity contribution in [1.82, 2.24) is 0 Å². The van der Waals surface area contributed by atoms with E-state index in [0.717, 1.165) is 38.2 Å². The zero-order chi connectivity index (χ0) is 30.6. The summed E-state index contributed by atoms with van der Waals surface area (Å²) in [6.07, 6.45) is -10.2. The van der Waals surface area contributed by atoms with Crippen LogP contribution in [-0.2, 0) is 19.6 Å². The molecule has 0 saturated heterocycles. The largest absolute Gasteiger partial charge is 0.462 e. The summed E-state index contributed by atoms with van der Waals surface area (Å²) in [5.41, 5.74) is -7.03. The van der Waals surface area contributed by atoms with E-state index in [0.29, 0.717) is 24.5 Å². The summed E-state index contributed by atoms with van der Waals surface area (Å²) in [5.74, 6) is -2.17. The molecule has 3 saturated carbocycles. The fourth-order valence-electron chi connectivity index (χ4n) is 6.72. The molecule has 5 unspecified atom stereocenters. The number of hydrogen-bond donors (Lipinski definition) is 3. The highest BCUT2D eigenvalue weighted by atomic mass is 32.2. The molecule has 5 atom stereocenters. The molecule has 1 aromatic carbocycles. The molecule has 3 N–H and O–H groups in total. The van der Waals surface area contributed by atoms with Crippen LogP contribution in [-0.4, -0.2) is 72.4 Å². The third-order valence-electron chi connectivity index (χ3n) is 8.57. The third kappa shape index (κ3) is 6.20. The molecule has 3 bridgehead atoms. The molecule has 9 nitrogen and oxygen atoms in total. The summed E-state index contributed by atoms with van der Waals surface area (Å²) in [5, 5.41) is 19.8. The average Bonchev–Trinajstić information content (AvgIpc) is 2.84. The molecule has 3 fully saturated rings. The van der Waals surface area contributed by atoms with Gasteiger partial charge in [0.05, 0.1) is 35.3 Å². The Morgan fingerprint density at radius 2 is 1.46 bits per heavy atom. The second-order valence-corrected chi connectivity index (χ2v) is 12.7. The van der Waals surface area contributed by atoms with E-state index in [9.17, 15) is 59.1 Å². The van der Waals surface area contributed by atoms with E-state index >= 15 is 0 Å². The van der Waals surface area contributed by atoms with Gasteiger partial charge in [-0.1, -0.05) is 6.42 Å². The van der Waals surface area contributed by atoms with Crippen molar-refractivity contribution >= 4 is 22.1 Å². The van der Waals surface area contributed by atoms with Gasteiger partial charge in [0.1, 0.15) is 0 Å². The molecule has 0 aliphatic heterocycles. The molecular formula is C25H28F6O9S. The second-order valence-electron chi connectivity index (χ2n) is 11.3. The van der Waals surface area contributed by atoms with Crippen LogP contribution < -0.4 is 0 Å². The number of ether oxygens (including phenoxy) is 2. The number of rotatable bonds is 8. The van der Waals surface area contributed by atoms with Gasteiger partial charge in [0.25, 0.3) is 15.7 Å². The number of carbonyl (C=O) groups is 2. The summed E-state index contributed by atoms with van der Waals surface area (Å²) < 4.78 is 120. The highest BCUT2D eigenvalue weighted by Gasteiger charge is 2.70. The Bertz CT molecular complexity index is 1280. The van der Waals surface area contributed by atoms with Crippen molar-refractivity contribution in [3.8, 4) is 0 Å². The number of aliphatic hydroxyl groups excluding tert-OH is 1. The van der Waals surface area contributed by atoms with Gasteiger partial charge in [0.2, 0.25) is 0 Å². The van der Waals surface area contributed by atoms with Crippen molar-refractivity contribution in [2.45, 2.75) is 73.9 Å². The van der Waals surface area contributed by atoms with E-state index in [1.54, 1.807) is 0 Å². The third-order valence-corrected chi connectivity index (χ3v) is 9.40. The highest BCUT2D eigenvalue weighted by Crippen LogP contribution is 2.59. The van der Waals surface area contributed by atoms with Gasteiger partial charge in [-0.3, -0.25) is 4.55 Å². The van der Waals surface area contributed by atoms with Crippen LogP contribution in [0.25, 0.3) is 0 Å². The molecule has 3 aliphatic carbocycles. The minimum atomic E-state index is -6.15. The predicted octanol–water partition coefficient (Wildman–Crippen LogP) is 4.07. The Morgan fingerprint density at radius 1 is 0.902 bits per heavy atom. The Kier molecular flexibility index (Phi) is 8.21. The van der Waals surface area contributed by atoms with Crippen molar-refractivity contribution in [3.63, 3.8) is 0 Å². The second kappa shape index (κ2) is 10.7. The monoisotopic (exact) mass is 618 g/mol. The van der Waals surface area contributed by atoms with Crippen LogP contribution in [0.4, 0.5) is 26.3 Å². The van der Waals surface area contributed by atoms with Gasteiger partial charge in [-0.25, -0.2) is 9.59 Å². The molecule has 0 aromatic heterocycles. The quantitative estimate of drug-likeness (QED) is 0.223. The molecule has 16 heteroatoms. The molecule has 0 spiro atoms. The first-order chi connectivity index (χ1) is 18.8. The maximum Gasteiger partial charge on any atom is 0.426 e. The lowest BCUT2D eigenvalue weighted by Crippen LogP contribution is -2.57. The van der Waals surface area contributed by atoms with Gasteiger partial charge in [-0.15, -0.1) is 0 Å². The van der Waals surface area contributed by atoms with Crippen molar-refractivity contribution in [2.24, 2.45) is 23.2 Å². The standard InChI is InChI=1S/C25H28F6O9S/c26-24(27,28)23(35,25(29,30)31)3-4-39-20(33)15-7-16(9-17(8-15)41(36,37)38)21(34)40-12-22-10-13-1-2-18(22)19(32)6-14(5-13)11-22/h7-9,13-14,18-19,32,35H,1-6,10-12H2,(H,36,37,38). The minimum absolute atomic E-state index is 0.107. The predicted molar refractivity (Wildman–Crippen MR) is 125 cm³/mol. The summed E-state index contributed by atoms with van der Waals surface area (Å²) in [6, 6.07) is 1.95. The first-order valence-corrected chi connectivity index (χ1v) is 14.2. The molecule has 0 heterocycles. The first kappa shape index (κ1) is 31.5. The van der Waals surface area contributed by atoms with Gasteiger partial charge in [-0.05, 0) is 68.1 Å². The van der Waals surface area contributed by atoms with Crippen LogP contribution in [0.15, 0.2) is 23.1 Å². The number of fused-ring (bicyclic) bond motifs is 2.